The van der Waals surface area contributed by atoms with Gasteiger partial charge in [-0.15, -0.1) is 0 Å². The molecular formula is C9H19NO. The van der Waals surface area contributed by atoms with Crippen LogP contribution in [0.1, 0.15) is 20.3 Å². The van der Waals surface area contributed by atoms with Crippen LogP contribution in [-0.2, 0) is 4.74 Å². The third-order valence-electron chi connectivity index (χ3n) is 2.46. The lowest BCUT2D eigenvalue weighted by molar-refractivity contribution is 0.0928. The average Bonchev–Trinajstić information content (AvgIpc) is 2.07. The SMILES string of the molecule is CC1CNCCCOCC1C. The van der Waals surface area contributed by atoms with E-state index < -0.39 is 0 Å². The van der Waals surface area contributed by atoms with Crippen LogP contribution in [0.2, 0.25) is 0 Å². The van der Waals surface area contributed by atoms with Crippen molar-refractivity contribution >= 4 is 0 Å². The molecule has 2 atom stereocenters. The van der Waals surface area contributed by atoms with Gasteiger partial charge in [0.1, 0.15) is 0 Å². The Kier molecular flexibility index (Phi) is 3.87. The van der Waals surface area contributed by atoms with Gasteiger partial charge in [0.05, 0.1) is 0 Å². The quantitative estimate of drug-likeness (QED) is 0.571. The standard InChI is InChI=1S/C9H19NO/c1-8-6-10-4-3-5-11-7-9(8)2/h8-10H,3-7H2,1-2H3. The van der Waals surface area contributed by atoms with Gasteiger partial charge >= 0.3 is 0 Å². The molecule has 0 aromatic heterocycles. The van der Waals surface area contributed by atoms with Gasteiger partial charge in [-0.05, 0) is 31.3 Å². The molecule has 1 aliphatic rings. The molecule has 0 radical (unpaired) electrons. The van der Waals surface area contributed by atoms with Gasteiger partial charge in [-0.25, -0.2) is 0 Å². The van der Waals surface area contributed by atoms with Gasteiger partial charge < -0.3 is 10.1 Å². The molecule has 1 aliphatic heterocycles. The van der Waals surface area contributed by atoms with E-state index in [1.807, 2.05) is 0 Å². The zero-order chi connectivity index (χ0) is 8.10. The van der Waals surface area contributed by atoms with Crippen molar-refractivity contribution in [3.63, 3.8) is 0 Å². The molecule has 1 fully saturated rings. The Morgan fingerprint density at radius 3 is 2.91 bits per heavy atom. The van der Waals surface area contributed by atoms with Gasteiger partial charge in [-0.1, -0.05) is 13.8 Å². The third-order valence-corrected chi connectivity index (χ3v) is 2.46. The van der Waals surface area contributed by atoms with Crippen LogP contribution in [0.15, 0.2) is 0 Å². The smallest absolute Gasteiger partial charge is 0.0494 e. The van der Waals surface area contributed by atoms with Crippen molar-refractivity contribution in [1.29, 1.82) is 0 Å². The fourth-order valence-corrected chi connectivity index (χ4v) is 1.26. The maximum absolute atomic E-state index is 5.50. The van der Waals surface area contributed by atoms with E-state index in [1.165, 1.54) is 0 Å². The van der Waals surface area contributed by atoms with Crippen LogP contribution in [0, 0.1) is 11.8 Å². The van der Waals surface area contributed by atoms with Crippen molar-refractivity contribution in [2.24, 2.45) is 11.8 Å². The zero-order valence-corrected chi connectivity index (χ0v) is 7.60. The highest BCUT2D eigenvalue weighted by molar-refractivity contribution is 4.65. The van der Waals surface area contributed by atoms with Crippen LogP contribution in [0.5, 0.6) is 0 Å². The van der Waals surface area contributed by atoms with Gasteiger partial charge in [0.2, 0.25) is 0 Å². The summed E-state index contributed by atoms with van der Waals surface area (Å²) < 4.78 is 5.50. The number of hydrogen-bond acceptors (Lipinski definition) is 2. The first-order chi connectivity index (χ1) is 5.30. The van der Waals surface area contributed by atoms with E-state index in [-0.39, 0.29) is 0 Å². The molecule has 11 heavy (non-hydrogen) atoms. The monoisotopic (exact) mass is 157 g/mol. The maximum atomic E-state index is 5.50. The van der Waals surface area contributed by atoms with Crippen LogP contribution in [0.3, 0.4) is 0 Å². The number of hydrogen-bond donors (Lipinski definition) is 1. The fraction of sp³-hybridized carbons (Fsp3) is 1.00. The molecular weight excluding hydrogens is 138 g/mol. The van der Waals surface area contributed by atoms with E-state index in [2.05, 4.69) is 19.2 Å². The van der Waals surface area contributed by atoms with Gasteiger partial charge in [-0.2, -0.15) is 0 Å². The molecule has 1 N–H and O–H groups in total. The van der Waals surface area contributed by atoms with Gasteiger partial charge in [0.25, 0.3) is 0 Å². The van der Waals surface area contributed by atoms with E-state index >= 15 is 0 Å². The molecule has 0 aromatic rings. The molecule has 0 aromatic carbocycles. The number of nitrogens with one attached hydrogen (secondary N) is 1. The van der Waals surface area contributed by atoms with Crippen LogP contribution >= 0.6 is 0 Å². The summed E-state index contributed by atoms with van der Waals surface area (Å²) in [6.07, 6.45) is 1.15. The molecule has 1 rings (SSSR count). The molecule has 2 nitrogen and oxygen atoms in total. The predicted molar refractivity (Wildman–Crippen MR) is 46.6 cm³/mol. The van der Waals surface area contributed by atoms with Crippen molar-refractivity contribution in [3.05, 3.63) is 0 Å². The first-order valence-corrected chi connectivity index (χ1v) is 4.59. The minimum atomic E-state index is 0.695. The van der Waals surface area contributed by atoms with Gasteiger partial charge in [0, 0.05) is 13.2 Å². The van der Waals surface area contributed by atoms with Crippen molar-refractivity contribution in [2.45, 2.75) is 20.3 Å². The lowest BCUT2D eigenvalue weighted by Crippen LogP contribution is -2.26. The summed E-state index contributed by atoms with van der Waals surface area (Å²) in [7, 11) is 0. The van der Waals surface area contributed by atoms with Crippen molar-refractivity contribution < 1.29 is 4.74 Å². The second kappa shape index (κ2) is 4.73. The molecule has 0 bridgehead atoms. The van der Waals surface area contributed by atoms with Crippen molar-refractivity contribution in [1.82, 2.24) is 5.32 Å². The summed E-state index contributed by atoms with van der Waals surface area (Å²) in [5.74, 6) is 1.44. The molecule has 1 saturated heterocycles. The number of ether oxygens (including phenoxy) is 1. The van der Waals surface area contributed by atoms with E-state index in [0.29, 0.717) is 5.92 Å². The third kappa shape index (κ3) is 3.21. The van der Waals surface area contributed by atoms with Crippen LogP contribution in [0.4, 0.5) is 0 Å². The normalized spacial score (nSPS) is 35.5. The van der Waals surface area contributed by atoms with Crippen LogP contribution < -0.4 is 5.32 Å². The molecule has 0 saturated carbocycles. The lowest BCUT2D eigenvalue weighted by Gasteiger charge is -2.17. The molecule has 0 aliphatic carbocycles. The highest BCUT2D eigenvalue weighted by atomic mass is 16.5. The van der Waals surface area contributed by atoms with E-state index in [0.717, 1.165) is 38.6 Å². The van der Waals surface area contributed by atoms with Crippen LogP contribution in [0.25, 0.3) is 0 Å². The Morgan fingerprint density at radius 1 is 1.27 bits per heavy atom. The Morgan fingerprint density at radius 2 is 2.09 bits per heavy atom. The van der Waals surface area contributed by atoms with Gasteiger partial charge in [-0.3, -0.25) is 0 Å². The minimum Gasteiger partial charge on any atom is -0.381 e. The lowest BCUT2D eigenvalue weighted by atomic mass is 9.97. The Labute approximate surface area is 69.3 Å². The first kappa shape index (κ1) is 9.01. The average molecular weight is 157 g/mol. The molecule has 0 spiro atoms. The van der Waals surface area contributed by atoms with E-state index in [4.69, 9.17) is 4.74 Å². The maximum Gasteiger partial charge on any atom is 0.0494 e. The fourth-order valence-electron chi connectivity index (χ4n) is 1.26. The largest absolute Gasteiger partial charge is 0.381 e. The topological polar surface area (TPSA) is 21.3 Å². The van der Waals surface area contributed by atoms with Crippen molar-refractivity contribution in [3.8, 4) is 0 Å². The predicted octanol–water partition coefficient (Wildman–Crippen LogP) is 1.27. The minimum absolute atomic E-state index is 0.695. The van der Waals surface area contributed by atoms with Crippen LogP contribution in [-0.4, -0.2) is 26.3 Å². The first-order valence-electron chi connectivity index (χ1n) is 4.59. The molecule has 0 amide bonds. The zero-order valence-electron chi connectivity index (χ0n) is 7.60. The summed E-state index contributed by atoms with van der Waals surface area (Å²) >= 11 is 0. The highest BCUT2D eigenvalue weighted by Gasteiger charge is 2.12. The summed E-state index contributed by atoms with van der Waals surface area (Å²) in [5, 5.41) is 3.43. The molecule has 66 valence electrons. The Bertz CT molecular complexity index is 93.7. The van der Waals surface area contributed by atoms with E-state index in [9.17, 15) is 0 Å². The summed E-state index contributed by atoms with van der Waals surface area (Å²) in [6.45, 7) is 8.65. The molecule has 1 heterocycles. The summed E-state index contributed by atoms with van der Waals surface area (Å²) in [4.78, 5) is 0. The second-order valence-electron chi connectivity index (χ2n) is 3.59. The second-order valence-corrected chi connectivity index (χ2v) is 3.59. The summed E-state index contributed by atoms with van der Waals surface area (Å²) in [6, 6.07) is 0. The van der Waals surface area contributed by atoms with Crippen molar-refractivity contribution in [2.75, 3.05) is 26.3 Å². The Hall–Kier alpha value is -0.0800. The molecule has 2 heteroatoms. The number of rotatable bonds is 0. The van der Waals surface area contributed by atoms with E-state index in [1.54, 1.807) is 0 Å². The summed E-state index contributed by atoms with van der Waals surface area (Å²) in [5.41, 5.74) is 0. The highest BCUT2D eigenvalue weighted by Crippen LogP contribution is 2.11. The molecule has 2 unspecified atom stereocenters. The van der Waals surface area contributed by atoms with Gasteiger partial charge in [0.15, 0.2) is 0 Å². The Balaban J connectivity index is 2.29.